The number of rotatable bonds is 18. The topological polar surface area (TPSA) is 0 Å². The molecule has 0 spiro atoms. The number of benzene rings is 3. The van der Waals surface area contributed by atoms with Crippen LogP contribution < -0.4 is 0 Å². The molecule has 0 amide bonds. The fraction of sp³-hybridized carbons (Fsp3) is 0.535. The second kappa shape index (κ2) is 15.9. The molecule has 0 saturated heterocycles. The molecule has 0 saturated carbocycles. The van der Waals surface area contributed by atoms with Gasteiger partial charge >= 0.3 is 0 Å². The molecule has 0 atom stereocenters. The summed E-state index contributed by atoms with van der Waals surface area (Å²) in [7, 11) is 0. The highest BCUT2D eigenvalue weighted by molar-refractivity contribution is 5.85. The first-order chi connectivity index (χ1) is 20.9. The van der Waals surface area contributed by atoms with Crippen molar-refractivity contribution < 1.29 is 0 Å². The van der Waals surface area contributed by atoms with E-state index in [-0.39, 0.29) is 5.41 Å². The lowest BCUT2D eigenvalue weighted by Crippen LogP contribution is -2.28. The van der Waals surface area contributed by atoms with Gasteiger partial charge in [0.15, 0.2) is 0 Å². The molecular formula is C43H60. The van der Waals surface area contributed by atoms with Crippen LogP contribution in [0.3, 0.4) is 0 Å². The third kappa shape index (κ3) is 7.38. The van der Waals surface area contributed by atoms with Crippen molar-refractivity contribution in [2.45, 2.75) is 150 Å². The van der Waals surface area contributed by atoms with E-state index in [9.17, 15) is 0 Å². The van der Waals surface area contributed by atoms with Gasteiger partial charge in [-0.2, -0.15) is 0 Å². The molecule has 43 heavy (non-hydrogen) atoms. The van der Waals surface area contributed by atoms with Gasteiger partial charge in [0.25, 0.3) is 0 Å². The first-order valence-corrected chi connectivity index (χ1v) is 18.0. The lowest BCUT2D eigenvalue weighted by Gasteiger charge is -2.35. The molecule has 0 radical (unpaired) electrons. The SMILES string of the molecule is C=CCCCCC1(c2cc(CCCCCC)cc(CCCCCC)c2)c2cc(C)c(CC)cc2-c2cc(CC)c(C)cc21. The second-order valence-electron chi connectivity index (χ2n) is 13.5. The summed E-state index contributed by atoms with van der Waals surface area (Å²) in [6.07, 6.45) is 21.9. The fourth-order valence-electron chi connectivity index (χ4n) is 7.78. The maximum atomic E-state index is 4.05. The van der Waals surface area contributed by atoms with Gasteiger partial charge in [0.2, 0.25) is 0 Å². The summed E-state index contributed by atoms with van der Waals surface area (Å²) in [5, 5.41) is 0. The monoisotopic (exact) mass is 576 g/mol. The number of hydrogen-bond donors (Lipinski definition) is 0. The van der Waals surface area contributed by atoms with E-state index in [1.165, 1.54) is 110 Å². The number of allylic oxidation sites excluding steroid dienone is 1. The molecule has 0 heterocycles. The third-order valence-electron chi connectivity index (χ3n) is 10.3. The van der Waals surface area contributed by atoms with Crippen molar-refractivity contribution in [1.82, 2.24) is 0 Å². The maximum Gasteiger partial charge on any atom is 0.0464 e. The molecule has 3 aromatic carbocycles. The Balaban J connectivity index is 1.96. The quantitative estimate of drug-likeness (QED) is 0.104. The van der Waals surface area contributed by atoms with Gasteiger partial charge in [-0.1, -0.05) is 121 Å². The van der Waals surface area contributed by atoms with Crippen LogP contribution in [0.15, 0.2) is 55.1 Å². The normalized spacial score (nSPS) is 13.3. The number of aryl methyl sites for hydroxylation is 6. The van der Waals surface area contributed by atoms with Gasteiger partial charge in [0.05, 0.1) is 0 Å². The minimum atomic E-state index is -0.0997. The average molecular weight is 577 g/mol. The zero-order valence-electron chi connectivity index (χ0n) is 28.6. The third-order valence-corrected chi connectivity index (χ3v) is 10.3. The molecule has 1 aliphatic rings. The molecule has 4 rings (SSSR count). The predicted octanol–water partition coefficient (Wildman–Crippen LogP) is 12.7. The average Bonchev–Trinajstić information content (AvgIpc) is 3.26. The number of fused-ring (bicyclic) bond motifs is 3. The van der Waals surface area contributed by atoms with Crippen LogP contribution in [0.25, 0.3) is 11.1 Å². The minimum Gasteiger partial charge on any atom is -0.103 e. The van der Waals surface area contributed by atoms with Crippen molar-refractivity contribution >= 4 is 0 Å². The van der Waals surface area contributed by atoms with Crippen molar-refractivity contribution in [3.8, 4) is 11.1 Å². The van der Waals surface area contributed by atoms with Gasteiger partial charge in [0.1, 0.15) is 0 Å². The van der Waals surface area contributed by atoms with Crippen molar-refractivity contribution in [2.24, 2.45) is 0 Å². The number of hydrogen-bond acceptors (Lipinski definition) is 0. The van der Waals surface area contributed by atoms with E-state index in [0.29, 0.717) is 0 Å². The molecule has 0 N–H and O–H groups in total. The zero-order valence-corrected chi connectivity index (χ0v) is 28.6. The van der Waals surface area contributed by atoms with Gasteiger partial charge < -0.3 is 0 Å². The van der Waals surface area contributed by atoms with E-state index in [1.54, 1.807) is 27.8 Å². The summed E-state index contributed by atoms with van der Waals surface area (Å²) < 4.78 is 0. The summed E-state index contributed by atoms with van der Waals surface area (Å²) >= 11 is 0. The van der Waals surface area contributed by atoms with Crippen LogP contribution in [0.2, 0.25) is 0 Å². The molecule has 1 aliphatic carbocycles. The smallest absolute Gasteiger partial charge is 0.0464 e. The Morgan fingerprint density at radius 1 is 0.581 bits per heavy atom. The van der Waals surface area contributed by atoms with Gasteiger partial charge in [-0.3, -0.25) is 0 Å². The lowest BCUT2D eigenvalue weighted by molar-refractivity contribution is 0.528. The van der Waals surface area contributed by atoms with Crippen molar-refractivity contribution in [3.63, 3.8) is 0 Å². The summed E-state index contributed by atoms with van der Waals surface area (Å²) in [5.41, 5.74) is 16.6. The summed E-state index contributed by atoms with van der Waals surface area (Å²) in [6.45, 7) is 18.0. The lowest BCUT2D eigenvalue weighted by atomic mass is 9.67. The van der Waals surface area contributed by atoms with Crippen LogP contribution >= 0.6 is 0 Å². The van der Waals surface area contributed by atoms with Crippen LogP contribution in [0.4, 0.5) is 0 Å². The van der Waals surface area contributed by atoms with Crippen molar-refractivity contribution in [2.75, 3.05) is 0 Å². The molecule has 0 bridgehead atoms. The molecule has 232 valence electrons. The Bertz CT molecular complexity index is 1260. The molecule has 0 heteroatoms. The standard InChI is InChI=1S/C43H60/c1-8-13-16-19-22-34-27-35(23-20-17-14-9-2)29-38(28-34)43(24-21-18-15-10-3)41-25-32(6)36(11-4)30-39(41)40-31-37(12-5)33(7)26-42(40)43/h10,25-31H,3,8-9,11-24H2,1-2,4-7H3. The molecule has 0 nitrogen and oxygen atoms in total. The summed E-state index contributed by atoms with van der Waals surface area (Å²) in [5.74, 6) is 0. The van der Waals surface area contributed by atoms with E-state index in [4.69, 9.17) is 0 Å². The van der Waals surface area contributed by atoms with Gasteiger partial charge in [0, 0.05) is 5.41 Å². The molecule has 0 aromatic heterocycles. The van der Waals surface area contributed by atoms with Crippen molar-refractivity contribution in [1.29, 1.82) is 0 Å². The van der Waals surface area contributed by atoms with Crippen LogP contribution in [0, 0.1) is 13.8 Å². The van der Waals surface area contributed by atoms with Gasteiger partial charge in [-0.15, -0.1) is 6.58 Å². The Morgan fingerprint density at radius 3 is 1.53 bits per heavy atom. The molecular weight excluding hydrogens is 516 g/mol. The highest BCUT2D eigenvalue weighted by atomic mass is 14.5. The maximum absolute atomic E-state index is 4.05. The van der Waals surface area contributed by atoms with Crippen LogP contribution in [0.5, 0.6) is 0 Å². The zero-order chi connectivity index (χ0) is 30.8. The molecule has 0 aliphatic heterocycles. The van der Waals surface area contributed by atoms with Gasteiger partial charge in [-0.25, -0.2) is 0 Å². The summed E-state index contributed by atoms with van der Waals surface area (Å²) in [4.78, 5) is 0. The minimum absolute atomic E-state index is 0.0997. The Kier molecular flexibility index (Phi) is 12.3. The van der Waals surface area contributed by atoms with E-state index < -0.39 is 0 Å². The Morgan fingerprint density at radius 2 is 1.09 bits per heavy atom. The van der Waals surface area contributed by atoms with Crippen LogP contribution in [0.1, 0.15) is 155 Å². The van der Waals surface area contributed by atoms with Crippen LogP contribution in [-0.2, 0) is 31.1 Å². The highest BCUT2D eigenvalue weighted by Crippen LogP contribution is 2.56. The van der Waals surface area contributed by atoms with Crippen LogP contribution in [-0.4, -0.2) is 0 Å². The van der Waals surface area contributed by atoms with E-state index in [2.05, 4.69) is 96.7 Å². The van der Waals surface area contributed by atoms with E-state index in [1.807, 2.05) is 0 Å². The fourth-order valence-corrected chi connectivity index (χ4v) is 7.78. The first kappa shape index (κ1) is 33.3. The predicted molar refractivity (Wildman–Crippen MR) is 191 cm³/mol. The molecule has 0 fully saturated rings. The molecule has 0 unspecified atom stereocenters. The number of unbranched alkanes of at least 4 members (excludes halogenated alkanes) is 8. The van der Waals surface area contributed by atoms with Gasteiger partial charge in [-0.05, 0) is 133 Å². The Labute approximate surface area is 265 Å². The highest BCUT2D eigenvalue weighted by Gasteiger charge is 2.45. The Hall–Kier alpha value is -2.60. The van der Waals surface area contributed by atoms with E-state index >= 15 is 0 Å². The largest absolute Gasteiger partial charge is 0.103 e. The second-order valence-corrected chi connectivity index (χ2v) is 13.5. The molecule has 3 aromatic rings. The van der Waals surface area contributed by atoms with E-state index in [0.717, 1.165) is 25.7 Å². The van der Waals surface area contributed by atoms with Crippen molar-refractivity contribution in [3.05, 3.63) is 105 Å². The summed E-state index contributed by atoms with van der Waals surface area (Å²) in [6, 6.07) is 18.2. The first-order valence-electron chi connectivity index (χ1n) is 18.0.